The Morgan fingerprint density at radius 3 is 2.00 bits per heavy atom. The van der Waals surface area contributed by atoms with Gasteiger partial charge in [0.1, 0.15) is 2.14 Å². The monoisotopic (exact) mass is 322 g/mol. The largest absolute Gasteiger partial charge is 0.393 e. The molecule has 0 rings (SSSR count). The van der Waals surface area contributed by atoms with Gasteiger partial charge >= 0.3 is 0 Å². The Bertz CT molecular complexity index is 78.8. The van der Waals surface area contributed by atoms with Gasteiger partial charge < -0.3 is 5.11 Å². The quantitative estimate of drug-likeness (QED) is 0.774. The molecule has 1 N–H and O–H groups in total. The van der Waals surface area contributed by atoms with E-state index in [0.717, 1.165) is 6.42 Å². The van der Waals surface area contributed by atoms with Crippen LogP contribution < -0.4 is 0 Å². The fourth-order valence-corrected chi connectivity index (χ4v) is 1.53. The Labute approximate surface area is 80.6 Å². The van der Waals surface area contributed by atoms with E-state index in [2.05, 4.69) is 47.8 Å². The van der Waals surface area contributed by atoms with Crippen LogP contribution in [0.25, 0.3) is 0 Å². The molecule has 1 nitrogen and oxygen atoms in total. The van der Waals surface area contributed by atoms with Crippen molar-refractivity contribution in [3.05, 3.63) is 0 Å². The molecule has 0 amide bonds. The van der Waals surface area contributed by atoms with Crippen LogP contribution in [0.3, 0.4) is 0 Å². The van der Waals surface area contributed by atoms with Crippen molar-refractivity contribution in [2.45, 2.75) is 28.0 Å². The molecule has 56 valence electrons. The maximum absolute atomic E-state index is 9.10. The lowest BCUT2D eigenvalue weighted by atomic mass is 10.2. The molecule has 0 radical (unpaired) electrons. The van der Waals surface area contributed by atoms with E-state index in [9.17, 15) is 0 Å². The second-order valence-corrected chi connectivity index (χ2v) is 9.14. The van der Waals surface area contributed by atoms with Crippen molar-refractivity contribution in [2.24, 2.45) is 0 Å². The number of halogens is 3. The summed E-state index contributed by atoms with van der Waals surface area (Å²) >= 11 is 9.88. The van der Waals surface area contributed by atoms with Crippen LogP contribution in [0.4, 0.5) is 0 Å². The predicted molar refractivity (Wildman–Crippen MR) is 50.4 cm³/mol. The van der Waals surface area contributed by atoms with E-state index >= 15 is 0 Å². The van der Waals surface area contributed by atoms with Gasteiger partial charge in [-0.1, -0.05) is 54.7 Å². The van der Waals surface area contributed by atoms with Crippen LogP contribution in [0, 0.1) is 0 Å². The van der Waals surface area contributed by atoms with E-state index in [1.807, 2.05) is 6.92 Å². The lowest BCUT2D eigenvalue weighted by Gasteiger charge is -2.15. The van der Waals surface area contributed by atoms with Gasteiger partial charge in [-0.3, -0.25) is 0 Å². The number of hydrogen-bond acceptors (Lipinski definition) is 1. The van der Waals surface area contributed by atoms with Gasteiger partial charge in [0.05, 0.1) is 6.10 Å². The number of alkyl halides is 3. The molecule has 4 heteroatoms. The third-order valence-electron chi connectivity index (χ3n) is 0.938. The first-order valence-electron chi connectivity index (χ1n) is 2.70. The van der Waals surface area contributed by atoms with Crippen LogP contribution in [0.2, 0.25) is 0 Å². The van der Waals surface area contributed by atoms with E-state index in [-0.39, 0.29) is 8.25 Å². The maximum Gasteiger partial charge on any atom is 0.137 e. The minimum Gasteiger partial charge on any atom is -0.393 e. The zero-order valence-corrected chi connectivity index (χ0v) is 9.83. The fourth-order valence-electron chi connectivity index (χ4n) is 0.412. The van der Waals surface area contributed by atoms with Gasteiger partial charge in [-0.2, -0.15) is 0 Å². The average Bonchev–Trinajstić information content (AvgIpc) is 1.62. The highest BCUT2D eigenvalue weighted by Gasteiger charge is 2.20. The average molecular weight is 325 g/mol. The minimum atomic E-state index is -0.289. The Kier molecular flexibility index (Phi) is 4.98. The van der Waals surface area contributed by atoms with Crippen molar-refractivity contribution in [3.63, 3.8) is 0 Å². The molecule has 1 atom stereocenters. The van der Waals surface area contributed by atoms with Crippen molar-refractivity contribution in [3.8, 4) is 0 Å². The molecule has 9 heavy (non-hydrogen) atoms. The summed E-state index contributed by atoms with van der Waals surface area (Å²) < 4.78 is -0.289. The van der Waals surface area contributed by atoms with E-state index in [4.69, 9.17) is 5.11 Å². The second-order valence-electron chi connectivity index (χ2n) is 1.88. The second kappa shape index (κ2) is 4.31. The molecule has 0 aromatic carbocycles. The molecule has 0 fully saturated rings. The van der Waals surface area contributed by atoms with Crippen molar-refractivity contribution >= 4 is 47.8 Å². The molecule has 0 aliphatic carbocycles. The molecule has 0 aromatic rings. The van der Waals surface area contributed by atoms with Gasteiger partial charge in [0.15, 0.2) is 0 Å². The molecule has 0 aliphatic heterocycles. The summed E-state index contributed by atoms with van der Waals surface area (Å²) in [7, 11) is 0. The summed E-state index contributed by atoms with van der Waals surface area (Å²) in [5, 5.41) is 9.10. The molecule has 0 spiro atoms. The molecule has 0 heterocycles. The van der Waals surface area contributed by atoms with Crippen LogP contribution in [0.5, 0.6) is 0 Å². The molecule has 0 aliphatic rings. The highest BCUT2D eigenvalue weighted by molar-refractivity contribution is 9.39. The van der Waals surface area contributed by atoms with Gasteiger partial charge in [0.25, 0.3) is 0 Å². The van der Waals surface area contributed by atoms with Crippen molar-refractivity contribution in [1.29, 1.82) is 0 Å². The molecule has 0 saturated heterocycles. The minimum absolute atomic E-state index is 0.247. The summed E-state index contributed by atoms with van der Waals surface area (Å²) in [6, 6.07) is 0. The maximum atomic E-state index is 9.10. The van der Waals surface area contributed by atoms with Crippen molar-refractivity contribution < 1.29 is 5.11 Å². The highest BCUT2D eigenvalue weighted by atomic mass is 80.0. The SMILES string of the molecule is CCC(O)CC(Br)(Br)Br. The lowest BCUT2D eigenvalue weighted by Crippen LogP contribution is -2.13. The van der Waals surface area contributed by atoms with Crippen molar-refractivity contribution in [2.75, 3.05) is 0 Å². The zero-order valence-electron chi connectivity index (χ0n) is 5.07. The zero-order chi connectivity index (χ0) is 7.49. The Balaban J connectivity index is 3.47. The third-order valence-corrected chi connectivity index (χ3v) is 1.91. The molecule has 1 unspecified atom stereocenters. The Morgan fingerprint density at radius 1 is 1.44 bits per heavy atom. The van der Waals surface area contributed by atoms with Crippen LogP contribution in [-0.2, 0) is 0 Å². The number of rotatable bonds is 2. The standard InChI is InChI=1S/C5H9Br3O/c1-2-4(9)3-5(6,7)8/h4,9H,2-3H2,1H3. The normalized spacial score (nSPS) is 15.7. The van der Waals surface area contributed by atoms with Crippen LogP contribution in [0.15, 0.2) is 0 Å². The highest BCUT2D eigenvalue weighted by Crippen LogP contribution is 2.38. The fraction of sp³-hybridized carbons (Fsp3) is 1.00. The third kappa shape index (κ3) is 7.30. The van der Waals surface area contributed by atoms with Gasteiger partial charge in [-0.05, 0) is 6.42 Å². The lowest BCUT2D eigenvalue weighted by molar-refractivity contribution is 0.165. The van der Waals surface area contributed by atoms with Gasteiger partial charge in [0, 0.05) is 6.42 Å². The predicted octanol–water partition coefficient (Wildman–Crippen LogP) is 2.99. The summed E-state index contributed by atoms with van der Waals surface area (Å²) in [6.07, 6.45) is 1.19. The summed E-state index contributed by atoms with van der Waals surface area (Å²) in [5.74, 6) is 0. The van der Waals surface area contributed by atoms with Crippen LogP contribution >= 0.6 is 47.8 Å². The summed E-state index contributed by atoms with van der Waals surface area (Å²) in [6.45, 7) is 1.95. The smallest absolute Gasteiger partial charge is 0.137 e. The molecule has 0 saturated carbocycles. The van der Waals surface area contributed by atoms with Crippen LogP contribution in [0.1, 0.15) is 19.8 Å². The molecule has 0 aromatic heterocycles. The van der Waals surface area contributed by atoms with Crippen molar-refractivity contribution in [1.82, 2.24) is 0 Å². The number of hydrogen-bond donors (Lipinski definition) is 1. The molecular weight excluding hydrogens is 316 g/mol. The Morgan fingerprint density at radius 2 is 1.89 bits per heavy atom. The first-order valence-corrected chi connectivity index (χ1v) is 5.08. The Hall–Kier alpha value is 1.40. The number of aliphatic hydroxyl groups is 1. The topological polar surface area (TPSA) is 20.2 Å². The van der Waals surface area contributed by atoms with E-state index in [1.165, 1.54) is 0 Å². The molecule has 0 bridgehead atoms. The van der Waals surface area contributed by atoms with E-state index in [0.29, 0.717) is 6.42 Å². The summed E-state index contributed by atoms with van der Waals surface area (Å²) in [4.78, 5) is 0. The van der Waals surface area contributed by atoms with Gasteiger partial charge in [0.2, 0.25) is 0 Å². The van der Waals surface area contributed by atoms with Crippen LogP contribution in [-0.4, -0.2) is 13.4 Å². The van der Waals surface area contributed by atoms with E-state index < -0.39 is 0 Å². The first kappa shape index (κ1) is 10.4. The summed E-state index contributed by atoms with van der Waals surface area (Å²) in [5.41, 5.74) is 0. The van der Waals surface area contributed by atoms with Gasteiger partial charge in [-0.15, -0.1) is 0 Å². The molecular formula is C5H9Br3O. The van der Waals surface area contributed by atoms with Gasteiger partial charge in [-0.25, -0.2) is 0 Å². The van der Waals surface area contributed by atoms with E-state index in [1.54, 1.807) is 0 Å². The number of aliphatic hydroxyl groups excluding tert-OH is 1. The first-order chi connectivity index (χ1) is 3.95.